The molecular weight excluding hydrogens is 346 g/mol. The Morgan fingerprint density at radius 3 is 2.56 bits per heavy atom. The number of carbonyl (C=O) groups is 2. The number of hydrogen-bond acceptors (Lipinski definition) is 4. The first-order chi connectivity index (χ1) is 12.9. The summed E-state index contributed by atoms with van der Waals surface area (Å²) in [6.07, 6.45) is 0. The molecule has 0 radical (unpaired) electrons. The van der Waals surface area contributed by atoms with Crippen molar-refractivity contribution >= 4 is 22.9 Å². The van der Waals surface area contributed by atoms with Crippen LogP contribution in [0.15, 0.2) is 48.5 Å². The van der Waals surface area contributed by atoms with Gasteiger partial charge in [-0.25, -0.2) is 9.78 Å². The van der Waals surface area contributed by atoms with Gasteiger partial charge in [-0.05, 0) is 44.2 Å². The molecule has 0 aliphatic heterocycles. The molecule has 3 rings (SSSR count). The lowest BCUT2D eigenvalue weighted by molar-refractivity contribution is -0.145. The quantitative estimate of drug-likeness (QED) is 0.698. The van der Waals surface area contributed by atoms with Crippen LogP contribution in [0.1, 0.15) is 23.1 Å². The highest BCUT2D eigenvalue weighted by molar-refractivity contribution is 6.00. The van der Waals surface area contributed by atoms with E-state index in [0.29, 0.717) is 11.1 Å². The number of nitrogens with one attached hydrogen (secondary N) is 1. The SMILES string of the molecule is COCC(C)(NC(=O)c1ccc2c(c1)nc(C)n2-c1ccccc1)C(=O)O. The summed E-state index contributed by atoms with van der Waals surface area (Å²) in [4.78, 5) is 28.6. The number of hydrogen-bond donors (Lipinski definition) is 2. The summed E-state index contributed by atoms with van der Waals surface area (Å²) in [6, 6.07) is 14.9. The number of benzene rings is 2. The zero-order valence-corrected chi connectivity index (χ0v) is 15.4. The number of methoxy groups -OCH3 is 1. The van der Waals surface area contributed by atoms with Gasteiger partial charge in [0, 0.05) is 18.4 Å². The van der Waals surface area contributed by atoms with E-state index >= 15 is 0 Å². The van der Waals surface area contributed by atoms with Gasteiger partial charge in [0.2, 0.25) is 0 Å². The molecule has 0 aliphatic carbocycles. The van der Waals surface area contributed by atoms with Gasteiger partial charge < -0.3 is 15.2 Å². The van der Waals surface area contributed by atoms with Crippen LogP contribution < -0.4 is 5.32 Å². The molecule has 1 heterocycles. The number of aliphatic carboxylic acids is 1. The van der Waals surface area contributed by atoms with E-state index in [1.165, 1.54) is 14.0 Å². The van der Waals surface area contributed by atoms with Crippen LogP contribution in [0.25, 0.3) is 16.7 Å². The van der Waals surface area contributed by atoms with Gasteiger partial charge in [-0.3, -0.25) is 9.36 Å². The molecule has 3 aromatic rings. The van der Waals surface area contributed by atoms with Crippen molar-refractivity contribution in [2.75, 3.05) is 13.7 Å². The monoisotopic (exact) mass is 367 g/mol. The second-order valence-electron chi connectivity index (χ2n) is 6.56. The summed E-state index contributed by atoms with van der Waals surface area (Å²) in [5.74, 6) is -0.864. The van der Waals surface area contributed by atoms with Crippen LogP contribution >= 0.6 is 0 Å². The molecule has 7 heteroatoms. The molecule has 1 amide bonds. The summed E-state index contributed by atoms with van der Waals surface area (Å²) in [6.45, 7) is 3.16. The summed E-state index contributed by atoms with van der Waals surface area (Å²) < 4.78 is 6.94. The second kappa shape index (κ2) is 7.20. The van der Waals surface area contributed by atoms with E-state index in [4.69, 9.17) is 4.74 Å². The normalized spacial score (nSPS) is 13.3. The minimum absolute atomic E-state index is 0.141. The van der Waals surface area contributed by atoms with E-state index in [2.05, 4.69) is 10.3 Å². The first-order valence-corrected chi connectivity index (χ1v) is 8.45. The summed E-state index contributed by atoms with van der Waals surface area (Å²) in [5.41, 5.74) is 1.33. The number of carboxylic acid groups (broad SMARTS) is 1. The zero-order valence-electron chi connectivity index (χ0n) is 15.4. The molecule has 0 saturated carbocycles. The molecule has 1 atom stereocenters. The van der Waals surface area contributed by atoms with Crippen molar-refractivity contribution in [3.8, 4) is 5.69 Å². The van der Waals surface area contributed by atoms with Crippen molar-refractivity contribution in [1.29, 1.82) is 0 Å². The molecule has 0 bridgehead atoms. The van der Waals surface area contributed by atoms with Crippen molar-refractivity contribution < 1.29 is 19.4 Å². The Morgan fingerprint density at radius 1 is 1.22 bits per heavy atom. The first kappa shape index (κ1) is 18.6. The summed E-state index contributed by atoms with van der Waals surface area (Å²) >= 11 is 0. The molecule has 140 valence electrons. The molecule has 1 aromatic heterocycles. The Labute approximate surface area is 156 Å². The van der Waals surface area contributed by atoms with Gasteiger partial charge in [0.25, 0.3) is 5.91 Å². The third-order valence-electron chi connectivity index (χ3n) is 4.39. The summed E-state index contributed by atoms with van der Waals surface area (Å²) in [7, 11) is 1.39. The maximum absolute atomic E-state index is 12.6. The van der Waals surface area contributed by atoms with Crippen LogP contribution in [0, 0.1) is 6.92 Å². The van der Waals surface area contributed by atoms with Crippen LogP contribution in [-0.2, 0) is 9.53 Å². The standard InChI is InChI=1S/C20H21N3O4/c1-13-21-16-11-14(18(24)22-20(2,12-27-3)19(25)26)9-10-17(16)23(13)15-7-5-4-6-8-15/h4-11H,12H2,1-3H3,(H,22,24)(H,25,26). The van der Waals surface area contributed by atoms with Crippen LogP contribution in [-0.4, -0.2) is 45.8 Å². The maximum atomic E-state index is 12.6. The molecule has 0 fully saturated rings. The number of amides is 1. The third kappa shape index (κ3) is 3.54. The maximum Gasteiger partial charge on any atom is 0.331 e. The third-order valence-corrected chi connectivity index (χ3v) is 4.39. The Morgan fingerprint density at radius 2 is 1.93 bits per heavy atom. The fourth-order valence-corrected chi connectivity index (χ4v) is 3.01. The fourth-order valence-electron chi connectivity index (χ4n) is 3.01. The predicted octanol–water partition coefficient (Wildman–Crippen LogP) is 2.55. The van der Waals surface area contributed by atoms with Gasteiger partial charge in [-0.1, -0.05) is 18.2 Å². The highest BCUT2D eigenvalue weighted by Gasteiger charge is 2.35. The number of aryl methyl sites for hydroxylation is 1. The van der Waals surface area contributed by atoms with Crippen molar-refractivity contribution in [3.05, 3.63) is 59.9 Å². The summed E-state index contributed by atoms with van der Waals surface area (Å²) in [5, 5.41) is 11.9. The fraction of sp³-hybridized carbons (Fsp3) is 0.250. The number of aromatic nitrogens is 2. The number of rotatable bonds is 6. The molecule has 27 heavy (non-hydrogen) atoms. The Hall–Kier alpha value is -3.19. The average molecular weight is 367 g/mol. The van der Waals surface area contributed by atoms with E-state index in [-0.39, 0.29) is 6.61 Å². The Bertz CT molecular complexity index is 997. The van der Waals surface area contributed by atoms with Gasteiger partial charge >= 0.3 is 5.97 Å². The van der Waals surface area contributed by atoms with E-state index in [0.717, 1.165) is 17.0 Å². The zero-order chi connectivity index (χ0) is 19.6. The minimum Gasteiger partial charge on any atom is -0.479 e. The van der Waals surface area contributed by atoms with Crippen molar-refractivity contribution in [2.45, 2.75) is 19.4 Å². The van der Waals surface area contributed by atoms with E-state index in [1.807, 2.05) is 47.9 Å². The average Bonchev–Trinajstić information content (AvgIpc) is 2.97. The van der Waals surface area contributed by atoms with Crippen LogP contribution in [0.2, 0.25) is 0 Å². The number of imidazole rings is 1. The van der Waals surface area contributed by atoms with Crippen molar-refractivity contribution in [1.82, 2.24) is 14.9 Å². The molecular formula is C20H21N3O4. The molecule has 0 aliphatic rings. The number of ether oxygens (including phenoxy) is 1. The van der Waals surface area contributed by atoms with Crippen LogP contribution in [0.5, 0.6) is 0 Å². The Kier molecular flexibility index (Phi) is 4.96. The first-order valence-electron chi connectivity index (χ1n) is 8.45. The molecule has 1 unspecified atom stereocenters. The number of nitrogens with zero attached hydrogens (tertiary/aromatic N) is 2. The molecule has 0 saturated heterocycles. The molecule has 2 aromatic carbocycles. The van der Waals surface area contributed by atoms with Gasteiger partial charge in [-0.2, -0.15) is 0 Å². The molecule has 2 N–H and O–H groups in total. The van der Waals surface area contributed by atoms with Gasteiger partial charge in [0.1, 0.15) is 5.82 Å². The lowest BCUT2D eigenvalue weighted by Crippen LogP contribution is -2.55. The molecule has 0 spiro atoms. The van der Waals surface area contributed by atoms with Crippen molar-refractivity contribution in [2.24, 2.45) is 0 Å². The van der Waals surface area contributed by atoms with Gasteiger partial charge in [0.05, 0.1) is 17.6 Å². The van der Waals surface area contributed by atoms with E-state index in [9.17, 15) is 14.7 Å². The number of para-hydroxylation sites is 1. The Balaban J connectivity index is 1.96. The van der Waals surface area contributed by atoms with Crippen molar-refractivity contribution in [3.63, 3.8) is 0 Å². The highest BCUT2D eigenvalue weighted by Crippen LogP contribution is 2.22. The minimum atomic E-state index is -1.51. The number of carbonyl (C=O) groups excluding carboxylic acids is 1. The number of fused-ring (bicyclic) bond motifs is 1. The highest BCUT2D eigenvalue weighted by atomic mass is 16.5. The van der Waals surface area contributed by atoms with Crippen LogP contribution in [0.3, 0.4) is 0 Å². The lowest BCUT2D eigenvalue weighted by atomic mass is 10.0. The smallest absolute Gasteiger partial charge is 0.331 e. The van der Waals surface area contributed by atoms with E-state index < -0.39 is 17.4 Å². The lowest BCUT2D eigenvalue weighted by Gasteiger charge is -2.25. The van der Waals surface area contributed by atoms with Crippen LogP contribution in [0.4, 0.5) is 0 Å². The molecule has 7 nitrogen and oxygen atoms in total. The van der Waals surface area contributed by atoms with Gasteiger partial charge in [-0.15, -0.1) is 0 Å². The predicted molar refractivity (Wildman–Crippen MR) is 101 cm³/mol. The largest absolute Gasteiger partial charge is 0.479 e. The number of carboxylic acids is 1. The van der Waals surface area contributed by atoms with Gasteiger partial charge in [0.15, 0.2) is 5.54 Å². The second-order valence-corrected chi connectivity index (χ2v) is 6.56. The topological polar surface area (TPSA) is 93.5 Å². The van der Waals surface area contributed by atoms with E-state index in [1.54, 1.807) is 12.1 Å².